The number of halogens is 1. The molecule has 9 heteroatoms. The topological polar surface area (TPSA) is 91.8 Å². The van der Waals surface area contributed by atoms with Gasteiger partial charge >= 0.3 is 0 Å². The lowest BCUT2D eigenvalue weighted by atomic mass is 10.1. The van der Waals surface area contributed by atoms with Gasteiger partial charge in [-0.1, -0.05) is 24.3 Å². The van der Waals surface area contributed by atoms with Crippen LogP contribution in [0, 0.1) is 5.95 Å². The van der Waals surface area contributed by atoms with Gasteiger partial charge in [0.15, 0.2) is 5.58 Å². The molecule has 34 heavy (non-hydrogen) atoms. The molecule has 1 fully saturated rings. The Morgan fingerprint density at radius 1 is 1.09 bits per heavy atom. The first-order valence-corrected chi connectivity index (χ1v) is 11.0. The number of ether oxygens (including phenoxy) is 1. The molecule has 6 rings (SSSR count). The summed E-state index contributed by atoms with van der Waals surface area (Å²) in [7, 11) is 3.36. The highest BCUT2D eigenvalue weighted by Crippen LogP contribution is 2.45. The van der Waals surface area contributed by atoms with Crippen molar-refractivity contribution in [1.82, 2.24) is 29.5 Å². The second-order valence-electron chi connectivity index (χ2n) is 8.41. The predicted molar refractivity (Wildman–Crippen MR) is 123 cm³/mol. The van der Waals surface area contributed by atoms with Crippen molar-refractivity contribution < 1.29 is 13.5 Å². The molecule has 0 atom stereocenters. The van der Waals surface area contributed by atoms with Gasteiger partial charge in [-0.15, -0.1) is 0 Å². The number of rotatable bonds is 6. The van der Waals surface area contributed by atoms with Crippen molar-refractivity contribution in [3.63, 3.8) is 0 Å². The van der Waals surface area contributed by atoms with E-state index in [0.717, 1.165) is 35.4 Å². The van der Waals surface area contributed by atoms with Gasteiger partial charge in [0.25, 0.3) is 0 Å². The number of aryl methyl sites for hydroxylation is 1. The summed E-state index contributed by atoms with van der Waals surface area (Å²) >= 11 is 0. The number of pyridine rings is 1. The Labute approximate surface area is 194 Å². The summed E-state index contributed by atoms with van der Waals surface area (Å²) in [5.41, 5.74) is 5.61. The highest BCUT2D eigenvalue weighted by Gasteiger charge is 2.32. The number of fused-ring (bicyclic) bond motifs is 1. The van der Waals surface area contributed by atoms with Crippen LogP contribution in [0.1, 0.15) is 35.7 Å². The van der Waals surface area contributed by atoms with Gasteiger partial charge in [0, 0.05) is 31.1 Å². The van der Waals surface area contributed by atoms with Crippen LogP contribution >= 0.6 is 0 Å². The Morgan fingerprint density at radius 2 is 1.91 bits per heavy atom. The normalized spacial score (nSPS) is 13.5. The van der Waals surface area contributed by atoms with Gasteiger partial charge in [0.05, 0.1) is 24.7 Å². The van der Waals surface area contributed by atoms with E-state index in [2.05, 4.69) is 19.9 Å². The van der Waals surface area contributed by atoms with Crippen LogP contribution in [0.15, 0.2) is 53.5 Å². The summed E-state index contributed by atoms with van der Waals surface area (Å²) in [6.45, 7) is 0. The Morgan fingerprint density at radius 3 is 2.62 bits per heavy atom. The zero-order chi connectivity index (χ0) is 23.2. The van der Waals surface area contributed by atoms with Gasteiger partial charge in [0.2, 0.25) is 17.7 Å². The third-order valence-corrected chi connectivity index (χ3v) is 6.02. The number of benzene rings is 1. The molecule has 170 valence electrons. The highest BCUT2D eigenvalue weighted by molar-refractivity contribution is 5.79. The van der Waals surface area contributed by atoms with Crippen LogP contribution in [0.5, 0.6) is 5.88 Å². The lowest BCUT2D eigenvalue weighted by molar-refractivity contribution is 0.396. The van der Waals surface area contributed by atoms with Gasteiger partial charge in [-0.05, 0) is 24.5 Å². The molecule has 1 aliphatic rings. The van der Waals surface area contributed by atoms with E-state index in [-0.39, 0.29) is 0 Å². The second kappa shape index (κ2) is 8.02. The molecule has 0 unspecified atom stereocenters. The van der Waals surface area contributed by atoms with Crippen LogP contribution in [0.2, 0.25) is 0 Å². The summed E-state index contributed by atoms with van der Waals surface area (Å²) < 4.78 is 26.9. The summed E-state index contributed by atoms with van der Waals surface area (Å²) in [6.07, 6.45) is 7.34. The first-order chi connectivity index (χ1) is 16.6. The van der Waals surface area contributed by atoms with E-state index < -0.39 is 5.95 Å². The molecule has 5 aromatic rings. The van der Waals surface area contributed by atoms with E-state index in [9.17, 15) is 4.39 Å². The van der Waals surface area contributed by atoms with Gasteiger partial charge < -0.3 is 13.7 Å². The molecule has 8 nitrogen and oxygen atoms in total. The largest absolute Gasteiger partial charge is 0.480 e. The van der Waals surface area contributed by atoms with E-state index in [1.165, 1.54) is 12.5 Å². The minimum atomic E-state index is -0.496. The fraction of sp³-hybridized carbons (Fsp3) is 0.240. The molecule has 0 bridgehead atoms. The van der Waals surface area contributed by atoms with E-state index in [4.69, 9.17) is 14.1 Å². The highest BCUT2D eigenvalue weighted by atomic mass is 19.1. The number of hydrogen-bond acceptors (Lipinski definition) is 7. The van der Waals surface area contributed by atoms with Gasteiger partial charge in [-0.3, -0.25) is 4.98 Å². The number of oxazole rings is 1. The number of methoxy groups -OCH3 is 1. The first kappa shape index (κ1) is 20.5. The smallest absolute Gasteiger partial charge is 0.234 e. The van der Waals surface area contributed by atoms with E-state index in [0.29, 0.717) is 46.6 Å². The molecule has 4 aromatic heterocycles. The summed E-state index contributed by atoms with van der Waals surface area (Å²) in [5.74, 6) is 1.36. The molecule has 1 aliphatic carbocycles. The minimum Gasteiger partial charge on any atom is -0.480 e. The van der Waals surface area contributed by atoms with E-state index in [1.54, 1.807) is 24.9 Å². The Bertz CT molecular complexity index is 1500. The third-order valence-electron chi connectivity index (χ3n) is 6.02. The van der Waals surface area contributed by atoms with Crippen molar-refractivity contribution >= 4 is 11.1 Å². The zero-order valence-corrected chi connectivity index (χ0v) is 18.7. The maximum absolute atomic E-state index is 13.5. The summed E-state index contributed by atoms with van der Waals surface area (Å²) in [5, 5.41) is 0. The van der Waals surface area contributed by atoms with Crippen LogP contribution in [0.3, 0.4) is 0 Å². The van der Waals surface area contributed by atoms with Crippen molar-refractivity contribution in [3.05, 3.63) is 72.0 Å². The second-order valence-corrected chi connectivity index (χ2v) is 8.41. The molecule has 1 aromatic carbocycles. The van der Waals surface area contributed by atoms with E-state index >= 15 is 0 Å². The van der Waals surface area contributed by atoms with Crippen molar-refractivity contribution in [2.45, 2.75) is 25.2 Å². The van der Waals surface area contributed by atoms with Gasteiger partial charge in [-0.2, -0.15) is 4.39 Å². The van der Waals surface area contributed by atoms with Crippen molar-refractivity contribution in [2.24, 2.45) is 7.05 Å². The lowest BCUT2D eigenvalue weighted by Crippen LogP contribution is -1.99. The fourth-order valence-corrected chi connectivity index (χ4v) is 4.21. The molecule has 0 spiro atoms. The average molecular weight is 456 g/mol. The molecule has 0 aliphatic heterocycles. The molecular formula is C25H21FN6O2. The molecule has 0 saturated heterocycles. The van der Waals surface area contributed by atoms with Crippen molar-refractivity contribution in [3.8, 4) is 28.7 Å². The monoisotopic (exact) mass is 456 g/mol. The quantitative estimate of drug-likeness (QED) is 0.366. The number of aromatic nitrogens is 6. The summed E-state index contributed by atoms with van der Waals surface area (Å²) in [4.78, 5) is 22.0. The minimum absolute atomic E-state index is 0.380. The lowest BCUT2D eigenvalue weighted by Gasteiger charge is -2.08. The van der Waals surface area contributed by atoms with Crippen LogP contribution in [-0.4, -0.2) is 36.6 Å². The van der Waals surface area contributed by atoms with Gasteiger partial charge in [0.1, 0.15) is 23.2 Å². The van der Waals surface area contributed by atoms with Crippen LogP contribution in [-0.2, 0) is 13.5 Å². The number of nitrogens with zero attached hydrogens (tertiary/aromatic N) is 6. The zero-order valence-electron chi connectivity index (χ0n) is 18.7. The van der Waals surface area contributed by atoms with Crippen LogP contribution in [0.4, 0.5) is 4.39 Å². The number of imidazole rings is 1. The van der Waals surface area contributed by atoms with E-state index in [1.807, 2.05) is 30.3 Å². The Hall–Kier alpha value is -4.14. The Balaban J connectivity index is 1.35. The molecule has 0 amide bonds. The first-order valence-electron chi connectivity index (χ1n) is 11.0. The average Bonchev–Trinajstić information content (AvgIpc) is 3.51. The maximum atomic E-state index is 13.5. The summed E-state index contributed by atoms with van der Waals surface area (Å²) in [6, 6.07) is 9.66. The molecule has 1 saturated carbocycles. The number of hydrogen-bond donors (Lipinski definition) is 0. The molecule has 0 radical (unpaired) electrons. The van der Waals surface area contributed by atoms with Crippen LogP contribution in [0.25, 0.3) is 33.9 Å². The molecular weight excluding hydrogens is 435 g/mol. The Kier molecular flexibility index (Phi) is 4.83. The standard InChI is InChI=1S/C25H21FN6O2/c1-32-12-19(26)31-23(32)16-5-3-14(4-6-16)11-18-22-17(9-10-27-18)30-25(34-22)20-21(15-7-8-15)28-13-29-24(20)33-2/h3-6,9-10,12-13,15H,7-8,11H2,1-2H3. The molecule has 4 heterocycles. The molecule has 0 N–H and O–H groups in total. The van der Waals surface area contributed by atoms with Crippen LogP contribution < -0.4 is 4.74 Å². The SMILES string of the molecule is COc1ncnc(C2CC2)c1-c1nc2ccnc(Cc3ccc(-c4nc(F)cn4C)cc3)c2o1. The maximum Gasteiger partial charge on any atom is 0.234 e. The predicted octanol–water partition coefficient (Wildman–Crippen LogP) is 4.70. The van der Waals surface area contributed by atoms with Gasteiger partial charge in [-0.25, -0.2) is 19.9 Å². The van der Waals surface area contributed by atoms with Crippen molar-refractivity contribution in [2.75, 3.05) is 7.11 Å². The third kappa shape index (κ3) is 3.59. The fourth-order valence-electron chi connectivity index (χ4n) is 4.21. The van der Waals surface area contributed by atoms with Crippen molar-refractivity contribution in [1.29, 1.82) is 0 Å².